The van der Waals surface area contributed by atoms with Crippen LogP contribution in [0.15, 0.2) is 66.8 Å². The van der Waals surface area contributed by atoms with E-state index < -0.39 is 11.9 Å². The first-order valence-electron chi connectivity index (χ1n) is 21.4. The van der Waals surface area contributed by atoms with Crippen molar-refractivity contribution >= 4 is 18.2 Å². The van der Waals surface area contributed by atoms with Gasteiger partial charge in [0, 0.05) is 24.5 Å². The summed E-state index contributed by atoms with van der Waals surface area (Å²) < 4.78 is 12.0. The van der Waals surface area contributed by atoms with E-state index in [1.807, 2.05) is 6.07 Å². The zero-order chi connectivity index (χ0) is 39.0. The summed E-state index contributed by atoms with van der Waals surface area (Å²) in [7, 11) is 0. The van der Waals surface area contributed by atoms with Gasteiger partial charge in [-0.15, -0.1) is 0 Å². The van der Waals surface area contributed by atoms with Crippen LogP contribution in [0, 0.1) is 0 Å². The molecule has 0 bridgehead atoms. The first-order chi connectivity index (χ1) is 26.5. The third-order valence-electron chi connectivity index (χ3n) is 9.34. The molecule has 0 unspecified atom stereocenters. The van der Waals surface area contributed by atoms with E-state index in [1.165, 1.54) is 64.2 Å². The number of carbonyl (C=O) groups is 3. The molecule has 1 aromatic rings. The zero-order valence-corrected chi connectivity index (χ0v) is 33.6. The molecule has 7 nitrogen and oxygen atoms in total. The molecule has 0 amide bonds. The van der Waals surface area contributed by atoms with E-state index in [0.717, 1.165) is 109 Å². The van der Waals surface area contributed by atoms with E-state index in [0.29, 0.717) is 43.1 Å². The molecule has 0 heterocycles. The molecule has 0 aliphatic heterocycles. The Morgan fingerprint density at radius 3 is 1.07 bits per heavy atom. The molecule has 0 aliphatic rings. The Bertz CT molecular complexity index is 1100. The highest BCUT2D eigenvalue weighted by atomic mass is 16.5. The summed E-state index contributed by atoms with van der Waals surface area (Å²) in [6, 6.07) is 5.48. The molecule has 0 aromatic heterocycles. The van der Waals surface area contributed by atoms with Crippen LogP contribution in [0.2, 0.25) is 0 Å². The largest absolute Gasteiger partial charge is 0.493 e. The van der Waals surface area contributed by atoms with Gasteiger partial charge in [0.2, 0.25) is 0 Å². The van der Waals surface area contributed by atoms with Crippen LogP contribution in [0.25, 0.3) is 0 Å². The quantitative estimate of drug-likeness (QED) is 0.0391. The molecule has 0 saturated heterocycles. The first kappa shape index (κ1) is 48.4. The van der Waals surface area contributed by atoms with E-state index >= 15 is 0 Å². The average Bonchev–Trinajstić information content (AvgIpc) is 3.16. The zero-order valence-electron chi connectivity index (χ0n) is 33.6. The van der Waals surface area contributed by atoms with Crippen LogP contribution in [0.5, 0.6) is 11.5 Å². The number of hydrogen-bond acceptors (Lipinski definition) is 5. The molecule has 1 rings (SSSR count). The summed E-state index contributed by atoms with van der Waals surface area (Å²) in [5, 5.41) is 17.3. The molecule has 0 atom stereocenters. The maximum absolute atomic E-state index is 11.5. The van der Waals surface area contributed by atoms with Crippen molar-refractivity contribution in [2.75, 3.05) is 13.2 Å². The Hall–Kier alpha value is -3.61. The van der Waals surface area contributed by atoms with Crippen LogP contribution in [0.1, 0.15) is 190 Å². The highest BCUT2D eigenvalue weighted by molar-refractivity contribution is 5.76. The second-order valence-corrected chi connectivity index (χ2v) is 14.4. The van der Waals surface area contributed by atoms with Gasteiger partial charge in [0.25, 0.3) is 0 Å². The highest BCUT2D eigenvalue weighted by Gasteiger charge is 2.04. The van der Waals surface area contributed by atoms with Crippen molar-refractivity contribution in [2.24, 2.45) is 0 Å². The van der Waals surface area contributed by atoms with Gasteiger partial charge in [0.15, 0.2) is 0 Å². The summed E-state index contributed by atoms with van der Waals surface area (Å²) in [5.41, 5.74) is 0.582. The Morgan fingerprint density at radius 1 is 0.426 bits per heavy atom. The number of aldehydes is 1. The van der Waals surface area contributed by atoms with Crippen LogP contribution in [-0.2, 0) is 9.59 Å². The summed E-state index contributed by atoms with van der Waals surface area (Å²) >= 11 is 0. The van der Waals surface area contributed by atoms with Gasteiger partial charge in [-0.25, -0.2) is 0 Å². The summed E-state index contributed by atoms with van der Waals surface area (Å²) in [4.78, 5) is 32.5. The third-order valence-corrected chi connectivity index (χ3v) is 9.34. The van der Waals surface area contributed by atoms with E-state index in [-0.39, 0.29) is 0 Å². The normalized spacial score (nSPS) is 11.8. The molecule has 0 radical (unpaired) electrons. The van der Waals surface area contributed by atoms with Gasteiger partial charge in [-0.2, -0.15) is 0 Å². The summed E-state index contributed by atoms with van der Waals surface area (Å²) in [6.07, 6.45) is 48.2. The Balaban J connectivity index is 1.99. The number of allylic oxidation sites excluding steroid dienone is 8. The summed E-state index contributed by atoms with van der Waals surface area (Å²) in [6.45, 7) is 1.29. The van der Waals surface area contributed by atoms with E-state index in [9.17, 15) is 14.4 Å². The predicted molar refractivity (Wildman–Crippen MR) is 224 cm³/mol. The monoisotopic (exact) mass is 751 g/mol. The molecule has 2 N–H and O–H groups in total. The lowest BCUT2D eigenvalue weighted by Crippen LogP contribution is -2.01. The van der Waals surface area contributed by atoms with Crippen molar-refractivity contribution in [2.45, 2.75) is 180 Å². The fourth-order valence-corrected chi connectivity index (χ4v) is 6.15. The minimum absolute atomic E-state index is 0.297. The van der Waals surface area contributed by atoms with Crippen molar-refractivity contribution in [3.63, 3.8) is 0 Å². The molecule has 0 fully saturated rings. The highest BCUT2D eigenvalue weighted by Crippen LogP contribution is 2.23. The molecular weight excluding hydrogens is 677 g/mol. The Morgan fingerprint density at radius 2 is 0.741 bits per heavy atom. The van der Waals surface area contributed by atoms with Crippen LogP contribution < -0.4 is 9.47 Å². The fourth-order valence-electron chi connectivity index (χ4n) is 6.15. The van der Waals surface area contributed by atoms with Crippen LogP contribution >= 0.6 is 0 Å². The molecule has 1 aromatic carbocycles. The number of carboxylic acids is 2. The molecule has 0 saturated carbocycles. The second-order valence-electron chi connectivity index (χ2n) is 14.4. The minimum Gasteiger partial charge on any atom is -0.493 e. The van der Waals surface area contributed by atoms with Gasteiger partial charge in [0.05, 0.1) is 13.2 Å². The maximum Gasteiger partial charge on any atom is 0.303 e. The molecule has 7 heteroatoms. The van der Waals surface area contributed by atoms with E-state index in [1.54, 1.807) is 12.1 Å². The minimum atomic E-state index is -0.689. The Kier molecular flexibility index (Phi) is 33.8. The maximum atomic E-state index is 11.5. The molecule has 54 heavy (non-hydrogen) atoms. The summed E-state index contributed by atoms with van der Waals surface area (Å²) in [5.74, 6) is 0.0240. The lowest BCUT2D eigenvalue weighted by atomic mass is 10.1. The SMILES string of the molecule is O=Cc1cc(OCCCCCCCC=CCC=CCCCCCCCC(=O)O)cc(OCCCCCCCC=CCC=CCCCCCCCC(=O)O)c1. The number of carboxylic acid groups (broad SMARTS) is 2. The van der Waals surface area contributed by atoms with E-state index in [4.69, 9.17) is 19.7 Å². The number of ether oxygens (including phenoxy) is 2. The number of rotatable bonds is 39. The molecular formula is C47H74O7. The average molecular weight is 751 g/mol. The molecule has 0 aliphatic carbocycles. The van der Waals surface area contributed by atoms with Crippen molar-refractivity contribution < 1.29 is 34.1 Å². The van der Waals surface area contributed by atoms with Gasteiger partial charge in [-0.1, -0.05) is 126 Å². The standard InChI is InChI=1S/C47H74O7/c48-42-43-39-44(53-37-33-29-25-21-17-13-9-5-1-3-7-11-15-19-23-27-31-35-46(49)50)41-45(40-43)54-38-34-30-26-22-18-14-10-6-2-4-8-12-16-20-24-28-32-36-47(51)52/h3-10,39-42H,1-2,11-38H2,(H,49,50)(H,51,52). The van der Waals surface area contributed by atoms with Crippen molar-refractivity contribution in [3.8, 4) is 11.5 Å². The van der Waals surface area contributed by atoms with Gasteiger partial charge in [-0.05, 0) is 102 Å². The first-order valence-corrected chi connectivity index (χ1v) is 21.4. The van der Waals surface area contributed by atoms with Gasteiger partial charge in [-0.3, -0.25) is 14.4 Å². The molecule has 0 spiro atoms. The predicted octanol–water partition coefficient (Wildman–Crippen LogP) is 13.6. The van der Waals surface area contributed by atoms with E-state index in [2.05, 4.69) is 48.6 Å². The number of benzene rings is 1. The van der Waals surface area contributed by atoms with Crippen LogP contribution in [0.3, 0.4) is 0 Å². The lowest BCUT2D eigenvalue weighted by molar-refractivity contribution is -0.138. The van der Waals surface area contributed by atoms with Crippen LogP contribution in [-0.4, -0.2) is 41.7 Å². The smallest absolute Gasteiger partial charge is 0.303 e. The Labute approximate surface area is 328 Å². The number of unbranched alkanes of at least 4 members (excludes halogenated alkanes) is 20. The fraction of sp³-hybridized carbons (Fsp3) is 0.638. The van der Waals surface area contributed by atoms with Crippen molar-refractivity contribution in [3.05, 3.63) is 72.4 Å². The van der Waals surface area contributed by atoms with Gasteiger partial charge >= 0.3 is 11.9 Å². The number of carbonyl (C=O) groups excluding carboxylic acids is 1. The lowest BCUT2D eigenvalue weighted by Gasteiger charge is -2.11. The topological polar surface area (TPSA) is 110 Å². The van der Waals surface area contributed by atoms with Crippen molar-refractivity contribution in [1.29, 1.82) is 0 Å². The second kappa shape index (κ2) is 37.7. The van der Waals surface area contributed by atoms with Gasteiger partial charge < -0.3 is 19.7 Å². The molecule has 304 valence electrons. The third kappa shape index (κ3) is 34.2. The van der Waals surface area contributed by atoms with Gasteiger partial charge in [0.1, 0.15) is 17.8 Å². The number of hydrogen-bond donors (Lipinski definition) is 2. The van der Waals surface area contributed by atoms with Crippen LogP contribution in [0.4, 0.5) is 0 Å². The number of aliphatic carboxylic acids is 2. The van der Waals surface area contributed by atoms with Crippen molar-refractivity contribution in [1.82, 2.24) is 0 Å².